The topological polar surface area (TPSA) is 38.4 Å². The van der Waals surface area contributed by atoms with Gasteiger partial charge in [-0.05, 0) is 6.92 Å². The van der Waals surface area contributed by atoms with Crippen molar-refractivity contribution in [3.8, 4) is 0 Å². The molecule has 2 heteroatoms. The van der Waals surface area contributed by atoms with E-state index in [0.29, 0.717) is 5.84 Å². The molecule has 0 saturated heterocycles. The molecule has 0 spiro atoms. The van der Waals surface area contributed by atoms with Crippen molar-refractivity contribution < 1.29 is 0 Å². The van der Waals surface area contributed by atoms with Gasteiger partial charge in [-0.1, -0.05) is 20.3 Å². The van der Waals surface area contributed by atoms with Crippen molar-refractivity contribution in [1.29, 1.82) is 0 Å². The third kappa shape index (κ3) is 50.6. The van der Waals surface area contributed by atoms with Crippen LogP contribution in [0.1, 0.15) is 27.2 Å². The van der Waals surface area contributed by atoms with Crippen LogP contribution in [-0.4, -0.2) is 12.9 Å². The Morgan fingerprint density at radius 1 is 1.50 bits per heavy atom. The first-order valence-corrected chi connectivity index (χ1v) is 2.87. The van der Waals surface area contributed by atoms with Crippen LogP contribution in [-0.2, 0) is 0 Å². The van der Waals surface area contributed by atoms with E-state index in [2.05, 4.69) is 18.8 Å². The van der Waals surface area contributed by atoms with Crippen molar-refractivity contribution in [2.75, 3.05) is 7.05 Å². The molecule has 0 aliphatic carbocycles. The smallest absolute Gasteiger partial charge is 0.0902 e. The minimum Gasteiger partial charge on any atom is -0.388 e. The van der Waals surface area contributed by atoms with Gasteiger partial charge < -0.3 is 5.73 Å². The van der Waals surface area contributed by atoms with Gasteiger partial charge in [-0.15, -0.1) is 0 Å². The Morgan fingerprint density at radius 3 is 1.62 bits per heavy atom. The van der Waals surface area contributed by atoms with Crippen LogP contribution in [0.4, 0.5) is 0 Å². The van der Waals surface area contributed by atoms with Gasteiger partial charge in [-0.25, -0.2) is 0 Å². The number of hydrogen-bond donors (Lipinski definition) is 1. The molecule has 0 saturated carbocycles. The molecule has 0 heterocycles. The molecule has 0 aromatic rings. The SMILES string of the molecule is CCC.CN=C(C)N. The zero-order valence-corrected chi connectivity index (χ0v) is 6.23. The first-order valence-electron chi connectivity index (χ1n) is 2.87. The Morgan fingerprint density at radius 2 is 1.62 bits per heavy atom. The van der Waals surface area contributed by atoms with Gasteiger partial charge in [0.25, 0.3) is 0 Å². The lowest BCUT2D eigenvalue weighted by atomic mass is 10.6. The van der Waals surface area contributed by atoms with Crippen LogP contribution in [0.2, 0.25) is 0 Å². The quantitative estimate of drug-likeness (QED) is 0.377. The van der Waals surface area contributed by atoms with Gasteiger partial charge in [0.2, 0.25) is 0 Å². The highest BCUT2D eigenvalue weighted by Crippen LogP contribution is 1.56. The van der Waals surface area contributed by atoms with Crippen LogP contribution in [0.25, 0.3) is 0 Å². The highest BCUT2D eigenvalue weighted by Gasteiger charge is 1.61. The first kappa shape index (κ1) is 10.5. The fourth-order valence-corrected chi connectivity index (χ4v) is 0. The maximum Gasteiger partial charge on any atom is 0.0902 e. The number of hydrogen-bond acceptors (Lipinski definition) is 1. The summed E-state index contributed by atoms with van der Waals surface area (Å²) in [6.45, 7) is 6.00. The number of amidine groups is 1. The third-order valence-corrected chi connectivity index (χ3v) is 0.353. The number of rotatable bonds is 0. The predicted octanol–water partition coefficient (Wildman–Crippen LogP) is 1.41. The fourth-order valence-electron chi connectivity index (χ4n) is 0. The number of aliphatic imine (C=N–C) groups is 1. The normalized spacial score (nSPS) is 9.75. The molecule has 2 nitrogen and oxygen atoms in total. The van der Waals surface area contributed by atoms with Gasteiger partial charge in [0.1, 0.15) is 0 Å². The van der Waals surface area contributed by atoms with E-state index in [4.69, 9.17) is 5.73 Å². The molecule has 0 aromatic heterocycles. The van der Waals surface area contributed by atoms with E-state index < -0.39 is 0 Å². The minimum absolute atomic E-state index is 0.630. The summed E-state index contributed by atoms with van der Waals surface area (Å²) in [5.74, 6) is 0.630. The molecule has 0 rings (SSSR count). The largest absolute Gasteiger partial charge is 0.388 e. The van der Waals surface area contributed by atoms with E-state index in [-0.39, 0.29) is 0 Å². The van der Waals surface area contributed by atoms with E-state index in [1.165, 1.54) is 6.42 Å². The zero-order chi connectivity index (χ0) is 6.99. The summed E-state index contributed by atoms with van der Waals surface area (Å²) < 4.78 is 0. The summed E-state index contributed by atoms with van der Waals surface area (Å²) in [6, 6.07) is 0. The molecule has 0 aliphatic rings. The summed E-state index contributed by atoms with van der Waals surface area (Å²) in [5.41, 5.74) is 5.04. The summed E-state index contributed by atoms with van der Waals surface area (Å²) in [4.78, 5) is 3.58. The Hall–Kier alpha value is -0.530. The zero-order valence-electron chi connectivity index (χ0n) is 6.23. The van der Waals surface area contributed by atoms with Gasteiger partial charge in [0.15, 0.2) is 0 Å². The lowest BCUT2D eigenvalue weighted by Gasteiger charge is -1.76. The Bertz CT molecular complexity index is 53.5. The summed E-state index contributed by atoms with van der Waals surface area (Å²) in [7, 11) is 1.66. The van der Waals surface area contributed by atoms with Crippen LogP contribution in [0.5, 0.6) is 0 Å². The average Bonchev–Trinajstić information content (AvgIpc) is 1.69. The van der Waals surface area contributed by atoms with Gasteiger partial charge >= 0.3 is 0 Å². The second kappa shape index (κ2) is 9.69. The highest BCUT2D eigenvalue weighted by molar-refractivity contribution is 5.77. The molecule has 0 atom stereocenters. The lowest BCUT2D eigenvalue weighted by Crippen LogP contribution is -2.03. The van der Waals surface area contributed by atoms with E-state index in [1.807, 2.05) is 0 Å². The summed E-state index contributed by atoms with van der Waals surface area (Å²) in [5, 5.41) is 0. The van der Waals surface area contributed by atoms with E-state index >= 15 is 0 Å². The molecule has 2 N–H and O–H groups in total. The summed E-state index contributed by atoms with van der Waals surface area (Å²) >= 11 is 0. The highest BCUT2D eigenvalue weighted by atomic mass is 14.8. The Kier molecular flexibility index (Phi) is 12.7. The molecule has 0 bridgehead atoms. The molecule has 0 aromatic carbocycles. The molecule has 50 valence electrons. The van der Waals surface area contributed by atoms with Crippen molar-refractivity contribution in [2.24, 2.45) is 10.7 Å². The van der Waals surface area contributed by atoms with Crippen LogP contribution < -0.4 is 5.73 Å². The number of nitrogens with two attached hydrogens (primary N) is 1. The second-order valence-corrected chi connectivity index (χ2v) is 1.57. The molecule has 0 radical (unpaired) electrons. The van der Waals surface area contributed by atoms with E-state index in [0.717, 1.165) is 0 Å². The minimum atomic E-state index is 0.630. The van der Waals surface area contributed by atoms with Gasteiger partial charge in [0.05, 0.1) is 5.84 Å². The molecular formula is C6H16N2. The van der Waals surface area contributed by atoms with Gasteiger partial charge in [-0.3, -0.25) is 4.99 Å². The van der Waals surface area contributed by atoms with Gasteiger partial charge in [0, 0.05) is 7.05 Å². The van der Waals surface area contributed by atoms with Crippen molar-refractivity contribution in [3.63, 3.8) is 0 Å². The van der Waals surface area contributed by atoms with Crippen LogP contribution in [0.15, 0.2) is 4.99 Å². The Balaban J connectivity index is 0. The molecule has 0 amide bonds. The molecular weight excluding hydrogens is 100 g/mol. The average molecular weight is 116 g/mol. The maximum atomic E-state index is 5.04. The molecule has 0 fully saturated rings. The third-order valence-electron chi connectivity index (χ3n) is 0.353. The van der Waals surface area contributed by atoms with Crippen LogP contribution in [0.3, 0.4) is 0 Å². The van der Waals surface area contributed by atoms with Crippen molar-refractivity contribution >= 4 is 5.84 Å². The Labute approximate surface area is 51.8 Å². The molecule has 0 aliphatic heterocycles. The van der Waals surface area contributed by atoms with Crippen LogP contribution in [0, 0.1) is 0 Å². The van der Waals surface area contributed by atoms with E-state index in [1.54, 1.807) is 14.0 Å². The van der Waals surface area contributed by atoms with Crippen molar-refractivity contribution in [2.45, 2.75) is 27.2 Å². The van der Waals surface area contributed by atoms with Crippen molar-refractivity contribution in [3.05, 3.63) is 0 Å². The standard InChI is InChI=1S/C3H8N2.C3H8/c1-3(4)5-2;1-3-2/h1-2H3,(H2,4,5);3H2,1-2H3. The molecule has 0 unspecified atom stereocenters. The van der Waals surface area contributed by atoms with Gasteiger partial charge in [-0.2, -0.15) is 0 Å². The predicted molar refractivity (Wildman–Crippen MR) is 39.2 cm³/mol. The second-order valence-electron chi connectivity index (χ2n) is 1.57. The van der Waals surface area contributed by atoms with Crippen molar-refractivity contribution in [1.82, 2.24) is 0 Å². The lowest BCUT2D eigenvalue weighted by molar-refractivity contribution is 1.09. The fraction of sp³-hybridized carbons (Fsp3) is 0.833. The number of nitrogens with zero attached hydrogens (tertiary/aromatic N) is 1. The van der Waals surface area contributed by atoms with E-state index in [9.17, 15) is 0 Å². The first-order chi connectivity index (χ1) is 3.68. The monoisotopic (exact) mass is 116 g/mol. The molecule has 8 heavy (non-hydrogen) atoms. The summed E-state index contributed by atoms with van der Waals surface area (Å²) in [6.07, 6.45) is 1.25. The maximum absolute atomic E-state index is 5.04. The van der Waals surface area contributed by atoms with Crippen LogP contribution >= 0.6 is 0 Å².